The lowest BCUT2D eigenvalue weighted by molar-refractivity contribution is 0.414. The summed E-state index contributed by atoms with van der Waals surface area (Å²) in [5.74, 6) is 2.94. The van der Waals surface area contributed by atoms with E-state index >= 15 is 0 Å². The Bertz CT molecular complexity index is 909. The Morgan fingerprint density at radius 3 is 2.66 bits per heavy atom. The van der Waals surface area contributed by atoms with Gasteiger partial charge in [0.2, 0.25) is 0 Å². The molecule has 1 aromatic carbocycles. The van der Waals surface area contributed by atoms with Crippen molar-refractivity contribution in [3.05, 3.63) is 60.0 Å². The summed E-state index contributed by atoms with van der Waals surface area (Å²) < 4.78 is 7.18. The Morgan fingerprint density at radius 2 is 1.93 bits per heavy atom. The summed E-state index contributed by atoms with van der Waals surface area (Å²) in [6, 6.07) is 14.1. The Morgan fingerprint density at radius 1 is 1.14 bits per heavy atom. The summed E-state index contributed by atoms with van der Waals surface area (Å²) in [5, 5.41) is 15.1. The maximum absolute atomic E-state index is 5.23. The lowest BCUT2D eigenvalue weighted by Gasteiger charge is -2.15. The van der Waals surface area contributed by atoms with E-state index in [0.29, 0.717) is 12.5 Å². The zero-order valence-corrected chi connectivity index (χ0v) is 19.5. The molecule has 0 saturated heterocycles. The summed E-state index contributed by atoms with van der Waals surface area (Å²) in [6.45, 7) is 6.40. The molecule has 2 N–H and O–H groups in total. The number of nitrogens with one attached hydrogen (secondary N) is 2. The van der Waals surface area contributed by atoms with E-state index in [1.54, 1.807) is 7.11 Å². The van der Waals surface area contributed by atoms with Crippen LogP contribution in [0, 0.1) is 0 Å². The Labute approximate surface area is 189 Å². The topological polar surface area (TPSA) is 75.8 Å². The van der Waals surface area contributed by atoms with Crippen molar-refractivity contribution < 1.29 is 4.74 Å². The zero-order chi connectivity index (χ0) is 19.8. The molecular weight excluding hydrogens is 479 g/mol. The van der Waals surface area contributed by atoms with E-state index in [-0.39, 0.29) is 24.0 Å². The van der Waals surface area contributed by atoms with Crippen LogP contribution in [0.2, 0.25) is 0 Å². The molecule has 0 radical (unpaired) electrons. The number of hydrogen-bond acceptors (Lipinski definition) is 4. The monoisotopic (exact) mass is 508 g/mol. The van der Waals surface area contributed by atoms with Crippen molar-refractivity contribution in [1.29, 1.82) is 0 Å². The predicted molar refractivity (Wildman–Crippen MR) is 127 cm³/mol. The largest absolute Gasteiger partial charge is 0.497 e. The van der Waals surface area contributed by atoms with E-state index in [4.69, 9.17) is 4.74 Å². The number of benzene rings is 1. The third-order valence-corrected chi connectivity index (χ3v) is 4.66. The normalized spacial score (nSPS) is 12.3. The van der Waals surface area contributed by atoms with Gasteiger partial charge in [0, 0.05) is 19.3 Å². The minimum atomic E-state index is 0. The van der Waals surface area contributed by atoms with Gasteiger partial charge < -0.3 is 15.4 Å². The van der Waals surface area contributed by atoms with Gasteiger partial charge in [0.15, 0.2) is 17.4 Å². The second kappa shape index (κ2) is 11.6. The molecule has 0 bridgehead atoms. The van der Waals surface area contributed by atoms with Gasteiger partial charge in [-0.05, 0) is 49.1 Å². The average Bonchev–Trinajstić information content (AvgIpc) is 3.15. The van der Waals surface area contributed by atoms with Crippen molar-refractivity contribution in [2.45, 2.75) is 32.7 Å². The number of aromatic nitrogens is 3. The first-order chi connectivity index (χ1) is 13.7. The fourth-order valence-corrected chi connectivity index (χ4v) is 3.00. The summed E-state index contributed by atoms with van der Waals surface area (Å²) in [4.78, 5) is 4.65. The number of halogens is 1. The van der Waals surface area contributed by atoms with Crippen LogP contribution in [0.1, 0.15) is 37.6 Å². The molecular formula is C21H29IN6O. The maximum Gasteiger partial charge on any atom is 0.191 e. The highest BCUT2D eigenvalue weighted by atomic mass is 127. The van der Waals surface area contributed by atoms with Crippen LogP contribution in [0.3, 0.4) is 0 Å². The molecule has 1 atom stereocenters. The van der Waals surface area contributed by atoms with Gasteiger partial charge in [0.1, 0.15) is 12.3 Å². The van der Waals surface area contributed by atoms with Gasteiger partial charge >= 0.3 is 0 Å². The van der Waals surface area contributed by atoms with Gasteiger partial charge in [0.05, 0.1) is 7.11 Å². The molecule has 29 heavy (non-hydrogen) atoms. The Balaban J connectivity index is 0.00000300. The number of rotatable bonds is 8. The van der Waals surface area contributed by atoms with E-state index in [9.17, 15) is 0 Å². The molecule has 0 aliphatic carbocycles. The zero-order valence-electron chi connectivity index (χ0n) is 17.1. The molecule has 3 rings (SSSR count). The first-order valence-electron chi connectivity index (χ1n) is 9.66. The second-order valence-corrected chi connectivity index (χ2v) is 6.63. The summed E-state index contributed by atoms with van der Waals surface area (Å²) in [7, 11) is 1.69. The van der Waals surface area contributed by atoms with E-state index in [2.05, 4.69) is 51.8 Å². The van der Waals surface area contributed by atoms with Crippen LogP contribution in [0.5, 0.6) is 5.75 Å². The Kier molecular flexibility index (Phi) is 9.17. The molecule has 3 aromatic rings. The number of fused-ring (bicyclic) bond motifs is 1. The van der Waals surface area contributed by atoms with Crippen LogP contribution in [0.25, 0.3) is 5.65 Å². The quantitative estimate of drug-likeness (QED) is 0.276. The number of aliphatic imine (C=N–C) groups is 1. The fourth-order valence-electron chi connectivity index (χ4n) is 3.00. The molecule has 0 saturated carbocycles. The van der Waals surface area contributed by atoms with Gasteiger partial charge in [-0.15, -0.1) is 34.2 Å². The average molecular weight is 508 g/mol. The van der Waals surface area contributed by atoms with E-state index in [1.165, 1.54) is 5.56 Å². The van der Waals surface area contributed by atoms with E-state index in [1.807, 2.05) is 40.9 Å². The van der Waals surface area contributed by atoms with Crippen LogP contribution in [0.15, 0.2) is 53.7 Å². The second-order valence-electron chi connectivity index (χ2n) is 6.63. The van der Waals surface area contributed by atoms with Crippen molar-refractivity contribution in [3.8, 4) is 5.75 Å². The number of guanidine groups is 1. The molecule has 0 amide bonds. The lowest BCUT2D eigenvalue weighted by atomic mass is 9.98. The summed E-state index contributed by atoms with van der Waals surface area (Å²) in [6.07, 6.45) is 2.96. The minimum Gasteiger partial charge on any atom is -0.497 e. The molecule has 0 aliphatic heterocycles. The van der Waals surface area contributed by atoms with Crippen molar-refractivity contribution in [2.24, 2.45) is 4.99 Å². The first-order valence-corrected chi connectivity index (χ1v) is 9.66. The van der Waals surface area contributed by atoms with Crippen molar-refractivity contribution in [2.75, 3.05) is 20.2 Å². The molecule has 156 valence electrons. The Hall–Kier alpha value is -2.36. The highest BCUT2D eigenvalue weighted by molar-refractivity contribution is 14.0. The van der Waals surface area contributed by atoms with E-state index < -0.39 is 0 Å². The molecule has 7 nitrogen and oxygen atoms in total. The minimum absolute atomic E-state index is 0. The van der Waals surface area contributed by atoms with Crippen molar-refractivity contribution >= 4 is 35.6 Å². The third kappa shape index (κ3) is 6.31. The van der Waals surface area contributed by atoms with Crippen LogP contribution in [0.4, 0.5) is 0 Å². The third-order valence-electron chi connectivity index (χ3n) is 4.66. The number of methoxy groups -OCH3 is 1. The molecule has 2 heterocycles. The lowest BCUT2D eigenvalue weighted by Crippen LogP contribution is -2.38. The van der Waals surface area contributed by atoms with Crippen LogP contribution < -0.4 is 15.4 Å². The van der Waals surface area contributed by atoms with Crippen molar-refractivity contribution in [1.82, 2.24) is 25.2 Å². The summed E-state index contributed by atoms with van der Waals surface area (Å²) in [5.41, 5.74) is 2.14. The molecule has 2 aromatic heterocycles. The van der Waals surface area contributed by atoms with Gasteiger partial charge in [-0.3, -0.25) is 4.40 Å². The smallest absolute Gasteiger partial charge is 0.191 e. The number of ether oxygens (including phenoxy) is 1. The number of hydrogen-bond donors (Lipinski definition) is 2. The molecule has 8 heteroatoms. The first kappa shape index (κ1) is 22.9. The highest BCUT2D eigenvalue weighted by Gasteiger charge is 2.07. The fraction of sp³-hybridized carbons (Fsp3) is 0.381. The van der Waals surface area contributed by atoms with Crippen LogP contribution >= 0.6 is 24.0 Å². The number of nitrogens with zero attached hydrogens (tertiary/aromatic N) is 4. The van der Waals surface area contributed by atoms with Crippen LogP contribution in [-0.2, 0) is 6.54 Å². The molecule has 0 spiro atoms. The van der Waals surface area contributed by atoms with Gasteiger partial charge in [0.25, 0.3) is 0 Å². The molecule has 0 aliphatic rings. The standard InChI is InChI=1S/C21H28N6O.HI/c1-4-22-21(24-15-20-26-25-19-7-5-6-14-27(19)20)23-13-12-16(2)17-8-10-18(28-3)11-9-17;/h5-11,14,16H,4,12-13,15H2,1-3H3,(H2,22,23,24);1H. The molecule has 0 fully saturated rings. The SMILES string of the molecule is CCNC(=NCc1nnc2ccccn12)NCCC(C)c1ccc(OC)cc1.I. The highest BCUT2D eigenvalue weighted by Crippen LogP contribution is 2.21. The van der Waals surface area contributed by atoms with Crippen LogP contribution in [-0.4, -0.2) is 40.8 Å². The maximum atomic E-state index is 5.23. The number of pyridine rings is 1. The molecule has 1 unspecified atom stereocenters. The van der Waals surface area contributed by atoms with Crippen molar-refractivity contribution in [3.63, 3.8) is 0 Å². The van der Waals surface area contributed by atoms with Gasteiger partial charge in [-0.25, -0.2) is 4.99 Å². The summed E-state index contributed by atoms with van der Waals surface area (Å²) >= 11 is 0. The van der Waals surface area contributed by atoms with Gasteiger partial charge in [-0.2, -0.15) is 0 Å². The predicted octanol–water partition coefficient (Wildman–Crippen LogP) is 3.60. The van der Waals surface area contributed by atoms with Gasteiger partial charge in [-0.1, -0.05) is 25.1 Å². The van der Waals surface area contributed by atoms with E-state index in [0.717, 1.165) is 42.7 Å².